The molecule has 1 saturated heterocycles. The molecule has 2 fully saturated rings. The molecule has 1 aromatic carbocycles. The second-order valence-corrected chi connectivity index (χ2v) is 7.88. The average molecular weight is 381 g/mol. The molecule has 2 atom stereocenters. The van der Waals surface area contributed by atoms with Crippen molar-refractivity contribution in [2.45, 2.75) is 38.3 Å². The molecular weight excluding hydrogens is 354 g/mol. The Hall–Kier alpha value is -2.67. The second-order valence-electron chi connectivity index (χ2n) is 7.88. The van der Waals surface area contributed by atoms with Gasteiger partial charge in [0.15, 0.2) is 0 Å². The summed E-state index contributed by atoms with van der Waals surface area (Å²) < 4.78 is 1.77. The van der Waals surface area contributed by atoms with Crippen LogP contribution < -0.4 is 10.6 Å². The zero-order chi connectivity index (χ0) is 19.7. The highest BCUT2D eigenvalue weighted by molar-refractivity contribution is 5.93. The Kier molecular flexibility index (Phi) is 5.17. The number of nitrogens with one attached hydrogen (secondary N) is 2. The summed E-state index contributed by atoms with van der Waals surface area (Å²) in [6, 6.07) is 8.20. The van der Waals surface area contributed by atoms with Gasteiger partial charge in [0.2, 0.25) is 11.8 Å². The van der Waals surface area contributed by atoms with Crippen LogP contribution in [0, 0.1) is 5.92 Å². The molecule has 7 heteroatoms. The maximum Gasteiger partial charge on any atom is 0.229 e. The first-order valence-electron chi connectivity index (χ1n) is 9.87. The summed E-state index contributed by atoms with van der Waals surface area (Å²) in [4.78, 5) is 26.5. The highest BCUT2D eigenvalue weighted by atomic mass is 16.2. The van der Waals surface area contributed by atoms with E-state index in [4.69, 9.17) is 0 Å². The lowest BCUT2D eigenvalue weighted by Crippen LogP contribution is -2.30. The van der Waals surface area contributed by atoms with E-state index < -0.39 is 0 Å². The van der Waals surface area contributed by atoms with E-state index in [1.54, 1.807) is 11.6 Å². The first-order chi connectivity index (χ1) is 13.5. The number of aryl methyl sites for hydroxylation is 1. The molecule has 7 nitrogen and oxygen atoms in total. The highest BCUT2D eigenvalue weighted by Gasteiger charge is 2.35. The van der Waals surface area contributed by atoms with Crippen molar-refractivity contribution in [1.29, 1.82) is 0 Å². The Bertz CT molecular complexity index is 856. The normalized spacial score (nSPS) is 21.5. The fourth-order valence-electron chi connectivity index (χ4n) is 3.94. The molecule has 0 bridgehead atoms. The molecule has 1 saturated carbocycles. The summed E-state index contributed by atoms with van der Waals surface area (Å²) in [5.41, 5.74) is 2.95. The molecule has 2 aromatic rings. The molecule has 1 aromatic heterocycles. The Morgan fingerprint density at radius 3 is 2.61 bits per heavy atom. The van der Waals surface area contributed by atoms with Crippen LogP contribution in [-0.2, 0) is 23.2 Å². The molecule has 2 aliphatic rings. The Labute approximate surface area is 165 Å². The Morgan fingerprint density at radius 1 is 1.25 bits per heavy atom. The minimum atomic E-state index is -0.119. The molecular formula is C21H27N5O2. The van der Waals surface area contributed by atoms with E-state index >= 15 is 0 Å². The van der Waals surface area contributed by atoms with Crippen LogP contribution in [-0.4, -0.2) is 45.6 Å². The number of carbonyl (C=O) groups excluding carboxylic acids is 2. The van der Waals surface area contributed by atoms with Gasteiger partial charge in [0.25, 0.3) is 0 Å². The van der Waals surface area contributed by atoms with Crippen LogP contribution in [0.1, 0.15) is 36.8 Å². The van der Waals surface area contributed by atoms with E-state index in [0.717, 1.165) is 36.2 Å². The first-order valence-corrected chi connectivity index (χ1v) is 9.87. The van der Waals surface area contributed by atoms with Crippen molar-refractivity contribution in [3.05, 3.63) is 47.8 Å². The lowest BCUT2D eigenvalue weighted by molar-refractivity contribution is -0.130. The van der Waals surface area contributed by atoms with E-state index in [0.29, 0.717) is 19.1 Å². The predicted molar refractivity (Wildman–Crippen MR) is 107 cm³/mol. The Balaban J connectivity index is 1.38. The minimum Gasteiger partial charge on any atom is -0.336 e. The predicted octanol–water partition coefficient (Wildman–Crippen LogP) is 1.87. The number of aromatic nitrogens is 2. The fraction of sp³-hybridized carbons (Fsp3) is 0.476. The molecule has 1 aliphatic carbocycles. The van der Waals surface area contributed by atoms with Gasteiger partial charge in [-0.15, -0.1) is 0 Å². The molecule has 1 aliphatic heterocycles. The monoisotopic (exact) mass is 381 g/mol. The van der Waals surface area contributed by atoms with Crippen LogP contribution in [0.15, 0.2) is 36.7 Å². The zero-order valence-electron chi connectivity index (χ0n) is 16.4. The van der Waals surface area contributed by atoms with Gasteiger partial charge in [-0.1, -0.05) is 12.1 Å². The summed E-state index contributed by atoms with van der Waals surface area (Å²) in [6.45, 7) is 3.70. The van der Waals surface area contributed by atoms with E-state index in [9.17, 15) is 9.59 Å². The van der Waals surface area contributed by atoms with E-state index in [1.807, 2.05) is 48.6 Å². The lowest BCUT2D eigenvalue weighted by Gasteiger charge is -2.21. The molecule has 2 N–H and O–H groups in total. The number of hydrogen-bond acceptors (Lipinski definition) is 4. The number of hydrogen-bond donors (Lipinski definition) is 2. The summed E-state index contributed by atoms with van der Waals surface area (Å²) in [5, 5.41) is 10.6. The molecule has 0 spiro atoms. The smallest absolute Gasteiger partial charge is 0.229 e. The summed E-state index contributed by atoms with van der Waals surface area (Å²) >= 11 is 0. The van der Waals surface area contributed by atoms with E-state index in [-0.39, 0.29) is 23.7 Å². The quantitative estimate of drug-likeness (QED) is 0.801. The van der Waals surface area contributed by atoms with Crippen LogP contribution in [0.2, 0.25) is 0 Å². The van der Waals surface area contributed by atoms with Crippen LogP contribution in [0.4, 0.5) is 5.69 Å². The van der Waals surface area contributed by atoms with Gasteiger partial charge in [-0.2, -0.15) is 5.10 Å². The van der Waals surface area contributed by atoms with Crippen molar-refractivity contribution in [3.8, 4) is 0 Å². The number of nitrogens with zero attached hydrogens (tertiary/aromatic N) is 3. The summed E-state index contributed by atoms with van der Waals surface area (Å²) in [7, 11) is 1.89. The number of rotatable bonds is 6. The zero-order valence-corrected chi connectivity index (χ0v) is 16.4. The molecule has 0 radical (unpaired) electrons. The van der Waals surface area contributed by atoms with Crippen molar-refractivity contribution >= 4 is 17.5 Å². The minimum absolute atomic E-state index is 0.0231. The van der Waals surface area contributed by atoms with Gasteiger partial charge in [0.05, 0.1) is 12.1 Å². The SMILES string of the molecule is CC(=O)N(Cc1ccc(NC(=O)[C@H]2CNC[C@@H]2c2cnn(C)c2)cc1)C1CC1. The van der Waals surface area contributed by atoms with E-state index in [2.05, 4.69) is 15.7 Å². The highest BCUT2D eigenvalue weighted by Crippen LogP contribution is 2.30. The number of amides is 2. The van der Waals surface area contributed by atoms with Gasteiger partial charge in [-0.3, -0.25) is 14.3 Å². The third kappa shape index (κ3) is 4.09. The third-order valence-electron chi connectivity index (χ3n) is 5.67. The van der Waals surface area contributed by atoms with Gasteiger partial charge in [0.1, 0.15) is 0 Å². The molecule has 2 heterocycles. The van der Waals surface area contributed by atoms with Crippen molar-refractivity contribution in [2.75, 3.05) is 18.4 Å². The third-order valence-corrected chi connectivity index (χ3v) is 5.67. The second kappa shape index (κ2) is 7.75. The molecule has 0 unspecified atom stereocenters. The number of anilines is 1. The standard InChI is InChI=1S/C21H27N5O2/c1-14(27)26(18-7-8-18)12-15-3-5-17(6-4-15)24-21(28)20-11-22-10-19(20)16-9-23-25(2)13-16/h3-6,9,13,18-20,22H,7-8,10-12H2,1-2H3,(H,24,28)/t19-,20+/m1/s1. The maximum atomic E-state index is 12.8. The van der Waals surface area contributed by atoms with Gasteiger partial charge in [0, 0.05) is 57.4 Å². The topological polar surface area (TPSA) is 79.3 Å². The Morgan fingerprint density at radius 2 is 2.00 bits per heavy atom. The van der Waals surface area contributed by atoms with Crippen LogP contribution >= 0.6 is 0 Å². The first kappa shape index (κ1) is 18.7. The largest absolute Gasteiger partial charge is 0.336 e. The number of benzene rings is 1. The molecule has 28 heavy (non-hydrogen) atoms. The fourth-order valence-corrected chi connectivity index (χ4v) is 3.94. The molecule has 148 valence electrons. The van der Waals surface area contributed by atoms with Gasteiger partial charge in [-0.05, 0) is 36.1 Å². The van der Waals surface area contributed by atoms with Crippen molar-refractivity contribution in [2.24, 2.45) is 13.0 Å². The molecule has 2 amide bonds. The van der Waals surface area contributed by atoms with Crippen molar-refractivity contribution in [3.63, 3.8) is 0 Å². The lowest BCUT2D eigenvalue weighted by atomic mass is 9.90. The number of carbonyl (C=O) groups is 2. The van der Waals surface area contributed by atoms with Crippen molar-refractivity contribution < 1.29 is 9.59 Å². The van der Waals surface area contributed by atoms with Crippen LogP contribution in [0.25, 0.3) is 0 Å². The van der Waals surface area contributed by atoms with E-state index in [1.165, 1.54) is 0 Å². The van der Waals surface area contributed by atoms with Crippen LogP contribution in [0.3, 0.4) is 0 Å². The maximum absolute atomic E-state index is 12.8. The summed E-state index contributed by atoms with van der Waals surface area (Å²) in [6.07, 6.45) is 6.02. The summed E-state index contributed by atoms with van der Waals surface area (Å²) in [5.74, 6) is 0.160. The van der Waals surface area contributed by atoms with Gasteiger partial charge < -0.3 is 15.5 Å². The molecule has 4 rings (SSSR count). The average Bonchev–Trinajstić information content (AvgIpc) is 3.21. The van der Waals surface area contributed by atoms with Gasteiger partial charge >= 0.3 is 0 Å². The van der Waals surface area contributed by atoms with Crippen LogP contribution in [0.5, 0.6) is 0 Å². The van der Waals surface area contributed by atoms with Crippen molar-refractivity contribution in [1.82, 2.24) is 20.0 Å². The van der Waals surface area contributed by atoms with Gasteiger partial charge in [-0.25, -0.2) is 0 Å².